The zero-order valence-corrected chi connectivity index (χ0v) is 23.3. The predicted molar refractivity (Wildman–Crippen MR) is 149 cm³/mol. The molecule has 2 aliphatic heterocycles. The number of carbonyl (C=O) groups is 1. The molecule has 224 valence electrons. The number of ether oxygens (including phenoxy) is 3. The van der Waals surface area contributed by atoms with Crippen molar-refractivity contribution in [3.63, 3.8) is 0 Å². The maximum Gasteiger partial charge on any atom is 0.296 e. The fraction of sp³-hybridized carbons (Fsp3) is 0.367. The van der Waals surface area contributed by atoms with Crippen molar-refractivity contribution < 1.29 is 27.8 Å². The Labute approximate surface area is 245 Å². The molecule has 0 radical (unpaired) electrons. The average molecular weight is 593 g/mol. The van der Waals surface area contributed by atoms with Gasteiger partial charge >= 0.3 is 0 Å². The number of halogens is 2. The summed E-state index contributed by atoms with van der Waals surface area (Å²) >= 11 is 0. The molecular formula is C30H30F2N6O5. The number of hydrogen-bond donors (Lipinski definition) is 1. The highest BCUT2D eigenvalue weighted by molar-refractivity contribution is 5.94. The van der Waals surface area contributed by atoms with Crippen LogP contribution in [0, 0.1) is 5.82 Å². The molecule has 13 heteroatoms. The molecule has 6 rings (SSSR count). The molecule has 1 fully saturated rings. The Kier molecular flexibility index (Phi) is 8.25. The van der Waals surface area contributed by atoms with E-state index in [0.717, 1.165) is 5.56 Å². The first-order valence-corrected chi connectivity index (χ1v) is 14.0. The van der Waals surface area contributed by atoms with E-state index in [9.17, 15) is 18.4 Å². The molecule has 0 saturated carbocycles. The van der Waals surface area contributed by atoms with Gasteiger partial charge in [0, 0.05) is 19.8 Å². The van der Waals surface area contributed by atoms with Gasteiger partial charge in [-0.1, -0.05) is 36.4 Å². The van der Waals surface area contributed by atoms with Crippen LogP contribution in [0.1, 0.15) is 46.1 Å². The molecule has 1 spiro atoms. The summed E-state index contributed by atoms with van der Waals surface area (Å²) in [6, 6.07) is 13.2. The Hall–Kier alpha value is -4.49. The number of rotatable bonds is 8. The summed E-state index contributed by atoms with van der Waals surface area (Å²) in [6.07, 6.45) is 2.33. The van der Waals surface area contributed by atoms with Crippen molar-refractivity contribution in [3.05, 3.63) is 99.5 Å². The van der Waals surface area contributed by atoms with E-state index in [4.69, 9.17) is 19.2 Å². The Morgan fingerprint density at radius 3 is 2.70 bits per heavy atom. The highest BCUT2D eigenvalue weighted by Gasteiger charge is 2.42. The molecule has 0 aliphatic carbocycles. The van der Waals surface area contributed by atoms with Gasteiger partial charge < -0.3 is 19.5 Å². The van der Waals surface area contributed by atoms with Crippen molar-refractivity contribution >= 4 is 5.91 Å². The molecule has 0 bridgehead atoms. The number of amides is 1. The molecule has 1 amide bonds. The van der Waals surface area contributed by atoms with Crippen LogP contribution in [0.15, 0.2) is 59.7 Å². The average Bonchev–Trinajstić information content (AvgIpc) is 3.45. The fourth-order valence-electron chi connectivity index (χ4n) is 5.48. The van der Waals surface area contributed by atoms with Gasteiger partial charge in [0.25, 0.3) is 11.5 Å². The smallest absolute Gasteiger partial charge is 0.296 e. The molecule has 1 saturated heterocycles. The topological polar surface area (TPSA) is 122 Å². The van der Waals surface area contributed by atoms with Gasteiger partial charge in [-0.3, -0.25) is 14.2 Å². The summed E-state index contributed by atoms with van der Waals surface area (Å²) in [6.45, 7) is 0.922. The van der Waals surface area contributed by atoms with Crippen LogP contribution in [0.25, 0.3) is 5.69 Å². The quantitative estimate of drug-likeness (QED) is 0.332. The lowest BCUT2D eigenvalue weighted by Gasteiger charge is -2.36. The van der Waals surface area contributed by atoms with E-state index >= 15 is 0 Å². The molecule has 43 heavy (non-hydrogen) atoms. The maximum atomic E-state index is 14.2. The van der Waals surface area contributed by atoms with Crippen LogP contribution in [0.3, 0.4) is 0 Å². The van der Waals surface area contributed by atoms with Gasteiger partial charge in [-0.05, 0) is 36.1 Å². The Bertz CT molecular complexity index is 1670. The van der Waals surface area contributed by atoms with E-state index in [0.29, 0.717) is 50.7 Å². The molecule has 4 heterocycles. The lowest BCUT2D eigenvalue weighted by Crippen LogP contribution is -2.43. The second-order valence-corrected chi connectivity index (χ2v) is 10.5. The van der Waals surface area contributed by atoms with E-state index in [1.807, 2.05) is 30.3 Å². The SMILES string of the molecule is O=C(NCc1ccc(F)cc1-n1ncnc1CF)c1nc2n(c(=O)c1OCc1ccccc1)CCOCC21CCOCC1. The van der Waals surface area contributed by atoms with Crippen LogP contribution >= 0.6 is 0 Å². The van der Waals surface area contributed by atoms with Crippen molar-refractivity contribution in [3.8, 4) is 11.4 Å². The molecule has 1 N–H and O–H groups in total. The summed E-state index contributed by atoms with van der Waals surface area (Å²) < 4.78 is 47.9. The molecule has 2 aromatic heterocycles. The number of fused-ring (bicyclic) bond motifs is 2. The Morgan fingerprint density at radius 1 is 1.09 bits per heavy atom. The molecule has 4 aromatic rings. The standard InChI is InChI=1S/C30H30F2N6O5/c31-15-24-34-19-35-38(24)23-14-22(32)7-6-21(23)16-33-27(39)25-26(43-17-20-4-2-1-3-5-20)28(40)37-10-13-42-18-30(29(37)36-25)8-11-41-12-9-30/h1-7,14,19H,8-13,15-18H2,(H,33,39). The minimum atomic E-state index is -0.913. The third-order valence-corrected chi connectivity index (χ3v) is 7.78. The van der Waals surface area contributed by atoms with Crippen LogP contribution in [0.2, 0.25) is 0 Å². The summed E-state index contributed by atoms with van der Waals surface area (Å²) in [5.41, 5.74) is 0.251. The number of benzene rings is 2. The third-order valence-electron chi connectivity index (χ3n) is 7.78. The first-order valence-electron chi connectivity index (χ1n) is 14.0. The minimum Gasteiger partial charge on any atom is -0.481 e. The Morgan fingerprint density at radius 2 is 1.91 bits per heavy atom. The maximum absolute atomic E-state index is 14.2. The molecule has 0 atom stereocenters. The normalized spacial score (nSPS) is 16.0. The van der Waals surface area contributed by atoms with Gasteiger partial charge in [-0.2, -0.15) is 5.10 Å². The number of carbonyl (C=O) groups excluding carboxylic acids is 1. The highest BCUT2D eigenvalue weighted by atomic mass is 19.1. The molecule has 11 nitrogen and oxygen atoms in total. The second-order valence-electron chi connectivity index (χ2n) is 10.5. The molecule has 2 aromatic carbocycles. The van der Waals surface area contributed by atoms with Crippen LogP contribution in [0.5, 0.6) is 5.75 Å². The van der Waals surface area contributed by atoms with Crippen molar-refractivity contribution in [2.24, 2.45) is 0 Å². The van der Waals surface area contributed by atoms with E-state index in [2.05, 4.69) is 15.4 Å². The van der Waals surface area contributed by atoms with Crippen molar-refractivity contribution in [2.45, 2.75) is 44.6 Å². The highest BCUT2D eigenvalue weighted by Crippen LogP contribution is 2.36. The van der Waals surface area contributed by atoms with Crippen molar-refractivity contribution in [2.75, 3.05) is 26.4 Å². The van der Waals surface area contributed by atoms with E-state index < -0.39 is 29.4 Å². The zero-order valence-electron chi connectivity index (χ0n) is 23.3. The summed E-state index contributed by atoms with van der Waals surface area (Å²) in [5.74, 6) is -0.946. The van der Waals surface area contributed by atoms with Gasteiger partial charge in [0.15, 0.2) is 11.5 Å². The lowest BCUT2D eigenvalue weighted by atomic mass is 9.80. The summed E-state index contributed by atoms with van der Waals surface area (Å²) in [4.78, 5) is 36.4. The van der Waals surface area contributed by atoms with Crippen molar-refractivity contribution in [1.82, 2.24) is 29.6 Å². The van der Waals surface area contributed by atoms with E-state index in [1.54, 1.807) is 4.57 Å². The van der Waals surface area contributed by atoms with Gasteiger partial charge in [0.1, 0.15) is 31.3 Å². The number of nitrogens with zero attached hydrogens (tertiary/aromatic N) is 5. The zero-order chi connectivity index (χ0) is 29.8. The lowest BCUT2D eigenvalue weighted by molar-refractivity contribution is 0.00412. The van der Waals surface area contributed by atoms with Crippen molar-refractivity contribution in [1.29, 1.82) is 0 Å². The Balaban J connectivity index is 1.37. The van der Waals surface area contributed by atoms with Crippen LogP contribution in [-0.4, -0.2) is 56.7 Å². The monoisotopic (exact) mass is 592 g/mol. The van der Waals surface area contributed by atoms with E-state index in [-0.39, 0.29) is 42.7 Å². The largest absolute Gasteiger partial charge is 0.481 e. The number of hydrogen-bond acceptors (Lipinski definition) is 8. The van der Waals surface area contributed by atoms with E-state index in [1.165, 1.54) is 29.2 Å². The summed E-state index contributed by atoms with van der Waals surface area (Å²) in [5, 5.41) is 6.81. The van der Waals surface area contributed by atoms with Crippen LogP contribution in [0.4, 0.5) is 8.78 Å². The van der Waals surface area contributed by atoms with Crippen LogP contribution in [-0.2, 0) is 41.3 Å². The molecule has 2 aliphatic rings. The fourth-order valence-corrected chi connectivity index (χ4v) is 5.48. The number of alkyl halides is 1. The predicted octanol–water partition coefficient (Wildman–Crippen LogP) is 3.02. The first kappa shape index (κ1) is 28.6. The number of nitrogens with one attached hydrogen (secondary N) is 1. The van der Waals surface area contributed by atoms with Gasteiger partial charge in [0.05, 0.1) is 30.9 Å². The van der Waals surface area contributed by atoms with Gasteiger partial charge in [-0.25, -0.2) is 23.4 Å². The minimum absolute atomic E-state index is 0.0146. The second kappa shape index (κ2) is 12.4. The van der Waals surface area contributed by atoms with Crippen LogP contribution < -0.4 is 15.6 Å². The van der Waals surface area contributed by atoms with Gasteiger partial charge in [-0.15, -0.1) is 0 Å². The summed E-state index contributed by atoms with van der Waals surface area (Å²) in [7, 11) is 0. The molecule has 0 unspecified atom stereocenters. The number of aromatic nitrogens is 5. The molecular weight excluding hydrogens is 562 g/mol. The third kappa shape index (κ3) is 5.77. The van der Waals surface area contributed by atoms with Gasteiger partial charge in [0.2, 0.25) is 5.75 Å². The first-order chi connectivity index (χ1) is 21.0.